The van der Waals surface area contributed by atoms with E-state index in [2.05, 4.69) is 0 Å². The van der Waals surface area contributed by atoms with Crippen molar-refractivity contribution in [2.75, 3.05) is 13.2 Å². The zero-order valence-electron chi connectivity index (χ0n) is 17.5. The van der Waals surface area contributed by atoms with Crippen molar-refractivity contribution in [3.63, 3.8) is 0 Å². The first-order valence-electron chi connectivity index (χ1n) is 10.5. The highest BCUT2D eigenvalue weighted by Crippen LogP contribution is 2.16. The van der Waals surface area contributed by atoms with Crippen LogP contribution in [0.3, 0.4) is 0 Å². The van der Waals surface area contributed by atoms with Crippen molar-refractivity contribution in [3.05, 3.63) is 108 Å². The highest BCUT2D eigenvalue weighted by molar-refractivity contribution is 5.15. The summed E-state index contributed by atoms with van der Waals surface area (Å²) in [4.78, 5) is 0. The Morgan fingerprint density at radius 3 is 1.55 bits per heavy atom. The minimum absolute atomic E-state index is 0.0690. The molecule has 0 spiro atoms. The number of aliphatic hydroxyl groups is 2. The normalized spacial score (nSPS) is 14.1. The van der Waals surface area contributed by atoms with Crippen molar-refractivity contribution in [1.29, 1.82) is 0 Å². The molecule has 0 heterocycles. The van der Waals surface area contributed by atoms with Gasteiger partial charge in [-0.15, -0.1) is 0 Å². The standard InChI is InChI=1S/C26H30O5/c27-16-25(30-18-22-12-6-2-7-13-22)26(31-19-23-14-8-3-9-15-23)24(28)20-29-17-21-10-4-1-5-11-21/h1-15,24-28H,16-20H2/t24-,25+,26+/m0/s1. The van der Waals surface area contributed by atoms with E-state index in [9.17, 15) is 10.2 Å². The lowest BCUT2D eigenvalue weighted by molar-refractivity contribution is -0.157. The molecule has 0 unspecified atom stereocenters. The molecular weight excluding hydrogens is 392 g/mol. The number of hydrogen-bond acceptors (Lipinski definition) is 5. The molecule has 0 bridgehead atoms. The van der Waals surface area contributed by atoms with Crippen LogP contribution < -0.4 is 0 Å². The quantitative estimate of drug-likeness (QED) is 0.439. The van der Waals surface area contributed by atoms with Gasteiger partial charge >= 0.3 is 0 Å². The summed E-state index contributed by atoms with van der Waals surface area (Å²) in [6.45, 7) is 0.793. The molecule has 0 saturated heterocycles. The van der Waals surface area contributed by atoms with E-state index in [-0.39, 0.29) is 13.2 Å². The lowest BCUT2D eigenvalue weighted by Gasteiger charge is -2.30. The van der Waals surface area contributed by atoms with Gasteiger partial charge in [0, 0.05) is 0 Å². The van der Waals surface area contributed by atoms with E-state index in [0.29, 0.717) is 19.8 Å². The highest BCUT2D eigenvalue weighted by Gasteiger charge is 2.30. The van der Waals surface area contributed by atoms with Crippen LogP contribution in [0.2, 0.25) is 0 Å². The average molecular weight is 423 g/mol. The van der Waals surface area contributed by atoms with Crippen LogP contribution in [0, 0.1) is 0 Å². The molecule has 0 fully saturated rings. The second-order valence-electron chi connectivity index (χ2n) is 7.35. The van der Waals surface area contributed by atoms with Gasteiger partial charge in [-0.1, -0.05) is 91.0 Å². The monoisotopic (exact) mass is 422 g/mol. The summed E-state index contributed by atoms with van der Waals surface area (Å²) in [5.41, 5.74) is 2.98. The molecule has 3 rings (SSSR count). The Kier molecular flexibility index (Phi) is 9.70. The van der Waals surface area contributed by atoms with Crippen LogP contribution in [0.4, 0.5) is 0 Å². The average Bonchev–Trinajstić information content (AvgIpc) is 2.83. The third kappa shape index (κ3) is 7.90. The Balaban J connectivity index is 1.61. The van der Waals surface area contributed by atoms with Gasteiger partial charge in [0.15, 0.2) is 0 Å². The zero-order chi connectivity index (χ0) is 21.7. The van der Waals surface area contributed by atoms with Crippen molar-refractivity contribution >= 4 is 0 Å². The largest absolute Gasteiger partial charge is 0.394 e. The molecule has 0 radical (unpaired) electrons. The van der Waals surface area contributed by atoms with E-state index in [0.717, 1.165) is 16.7 Å². The van der Waals surface area contributed by atoms with Crippen LogP contribution >= 0.6 is 0 Å². The van der Waals surface area contributed by atoms with Crippen LogP contribution in [-0.2, 0) is 34.0 Å². The van der Waals surface area contributed by atoms with Gasteiger partial charge in [0.05, 0.1) is 33.0 Å². The summed E-state index contributed by atoms with van der Waals surface area (Å²) in [5, 5.41) is 20.8. The smallest absolute Gasteiger partial charge is 0.114 e. The Morgan fingerprint density at radius 2 is 1.06 bits per heavy atom. The predicted molar refractivity (Wildman–Crippen MR) is 119 cm³/mol. The van der Waals surface area contributed by atoms with E-state index < -0.39 is 18.3 Å². The minimum Gasteiger partial charge on any atom is -0.394 e. The number of aliphatic hydroxyl groups excluding tert-OH is 2. The van der Waals surface area contributed by atoms with Gasteiger partial charge < -0.3 is 24.4 Å². The minimum atomic E-state index is -0.958. The fourth-order valence-corrected chi connectivity index (χ4v) is 3.23. The first-order chi connectivity index (χ1) is 15.3. The van der Waals surface area contributed by atoms with Crippen molar-refractivity contribution in [1.82, 2.24) is 0 Å². The second-order valence-corrected chi connectivity index (χ2v) is 7.35. The van der Waals surface area contributed by atoms with E-state index >= 15 is 0 Å². The van der Waals surface area contributed by atoms with Gasteiger partial charge in [-0.2, -0.15) is 0 Å². The number of rotatable bonds is 13. The predicted octanol–water partition coefficient (Wildman–Crippen LogP) is 3.73. The molecule has 0 aliphatic heterocycles. The van der Waals surface area contributed by atoms with Gasteiger partial charge in [-0.25, -0.2) is 0 Å². The highest BCUT2D eigenvalue weighted by atomic mass is 16.6. The lowest BCUT2D eigenvalue weighted by atomic mass is 10.1. The van der Waals surface area contributed by atoms with E-state index in [4.69, 9.17) is 14.2 Å². The van der Waals surface area contributed by atoms with Crippen LogP contribution in [0.15, 0.2) is 91.0 Å². The van der Waals surface area contributed by atoms with Crippen molar-refractivity contribution in [3.8, 4) is 0 Å². The van der Waals surface area contributed by atoms with Crippen LogP contribution in [-0.4, -0.2) is 41.7 Å². The van der Waals surface area contributed by atoms with Crippen molar-refractivity contribution < 1.29 is 24.4 Å². The molecule has 0 amide bonds. The van der Waals surface area contributed by atoms with Gasteiger partial charge in [0.2, 0.25) is 0 Å². The number of ether oxygens (including phenoxy) is 3. The molecule has 0 aliphatic carbocycles. The summed E-state index contributed by atoms with van der Waals surface area (Å²) >= 11 is 0. The Bertz CT molecular complexity index is 841. The van der Waals surface area contributed by atoms with Crippen LogP contribution in [0.1, 0.15) is 16.7 Å². The molecule has 0 saturated carbocycles. The summed E-state index contributed by atoms with van der Waals surface area (Å²) in [7, 11) is 0. The Labute approximate surface area is 183 Å². The Hall–Kier alpha value is -2.54. The maximum absolute atomic E-state index is 10.8. The molecule has 3 aromatic carbocycles. The van der Waals surface area contributed by atoms with E-state index in [1.54, 1.807) is 0 Å². The fraction of sp³-hybridized carbons (Fsp3) is 0.308. The molecule has 0 aliphatic rings. The molecule has 0 aromatic heterocycles. The third-order valence-corrected chi connectivity index (χ3v) is 4.92. The van der Waals surface area contributed by atoms with Gasteiger partial charge in [-0.3, -0.25) is 0 Å². The summed E-state index contributed by atoms with van der Waals surface area (Å²) in [6.07, 6.45) is -2.40. The first kappa shape index (κ1) is 23.1. The number of hydrogen-bond donors (Lipinski definition) is 2. The maximum atomic E-state index is 10.8. The summed E-state index contributed by atoms with van der Waals surface area (Å²) < 4.78 is 17.6. The fourth-order valence-electron chi connectivity index (χ4n) is 3.23. The SMILES string of the molecule is OC[C@@H](OCc1ccccc1)[C@H](OCc1ccccc1)[C@@H](O)COCc1ccccc1. The van der Waals surface area contributed by atoms with Crippen LogP contribution in [0.5, 0.6) is 0 Å². The van der Waals surface area contributed by atoms with Crippen LogP contribution in [0.25, 0.3) is 0 Å². The molecular formula is C26H30O5. The molecule has 3 aromatic rings. The molecule has 164 valence electrons. The molecule has 3 atom stereocenters. The zero-order valence-corrected chi connectivity index (χ0v) is 17.5. The van der Waals surface area contributed by atoms with Crippen molar-refractivity contribution in [2.24, 2.45) is 0 Å². The number of benzene rings is 3. The summed E-state index contributed by atoms with van der Waals surface area (Å²) in [5.74, 6) is 0. The second kappa shape index (κ2) is 13.0. The first-order valence-corrected chi connectivity index (χ1v) is 10.5. The molecule has 2 N–H and O–H groups in total. The Morgan fingerprint density at radius 1 is 0.613 bits per heavy atom. The third-order valence-electron chi connectivity index (χ3n) is 4.92. The van der Waals surface area contributed by atoms with Gasteiger partial charge in [0.1, 0.15) is 18.3 Å². The topological polar surface area (TPSA) is 68.2 Å². The van der Waals surface area contributed by atoms with E-state index in [1.807, 2.05) is 91.0 Å². The maximum Gasteiger partial charge on any atom is 0.114 e. The van der Waals surface area contributed by atoms with Gasteiger partial charge in [0.25, 0.3) is 0 Å². The molecule has 5 heteroatoms. The van der Waals surface area contributed by atoms with Crippen molar-refractivity contribution in [2.45, 2.75) is 38.1 Å². The lowest BCUT2D eigenvalue weighted by Crippen LogP contribution is -2.45. The molecule has 31 heavy (non-hydrogen) atoms. The summed E-state index contributed by atoms with van der Waals surface area (Å²) in [6, 6.07) is 29.2. The van der Waals surface area contributed by atoms with Gasteiger partial charge in [-0.05, 0) is 16.7 Å². The van der Waals surface area contributed by atoms with E-state index in [1.165, 1.54) is 0 Å². The molecule has 5 nitrogen and oxygen atoms in total.